The van der Waals surface area contributed by atoms with Crippen molar-refractivity contribution in [2.45, 2.75) is 78.6 Å². The van der Waals surface area contributed by atoms with Crippen molar-refractivity contribution in [3.63, 3.8) is 0 Å². The minimum atomic E-state index is 0.420. The number of anilines is 1. The van der Waals surface area contributed by atoms with Gasteiger partial charge in [0, 0.05) is 31.8 Å². The van der Waals surface area contributed by atoms with Gasteiger partial charge in [0.05, 0.1) is 6.61 Å². The van der Waals surface area contributed by atoms with Crippen molar-refractivity contribution in [1.82, 2.24) is 15.1 Å². The fourth-order valence-electron chi connectivity index (χ4n) is 6.47. The molecule has 6 heteroatoms. The van der Waals surface area contributed by atoms with Crippen LogP contribution in [0.3, 0.4) is 0 Å². The molecule has 0 amide bonds. The van der Waals surface area contributed by atoms with Crippen LogP contribution in [0.2, 0.25) is 0 Å². The molecule has 1 aliphatic heterocycles. The second-order valence-corrected chi connectivity index (χ2v) is 10.5. The number of rotatable bonds is 10. The monoisotopic (exact) mass is 438 g/mol. The van der Waals surface area contributed by atoms with E-state index in [1.807, 2.05) is 12.3 Å². The lowest BCUT2D eigenvalue weighted by molar-refractivity contribution is 0.149. The normalized spacial score (nSPS) is 28.2. The molecule has 2 aromatic rings. The minimum Gasteiger partial charge on any atom is -0.478 e. The van der Waals surface area contributed by atoms with E-state index in [1.54, 1.807) is 0 Å². The van der Waals surface area contributed by atoms with Crippen molar-refractivity contribution >= 4 is 5.95 Å². The molecule has 32 heavy (non-hydrogen) atoms. The number of nitrogens with zero attached hydrogens (tertiary/aromatic N) is 4. The second-order valence-electron chi connectivity index (χ2n) is 10.5. The molecule has 5 rings (SSSR count). The molecular formula is C26H38N4O2. The number of hydrogen-bond donors (Lipinski definition) is 0. The Hall–Kier alpha value is -2.11. The van der Waals surface area contributed by atoms with E-state index < -0.39 is 0 Å². The van der Waals surface area contributed by atoms with Gasteiger partial charge in [0.2, 0.25) is 11.8 Å². The highest BCUT2D eigenvalue weighted by Gasteiger charge is 2.67. The fraction of sp³-hybridized carbons (Fsp3) is 0.731. The van der Waals surface area contributed by atoms with Gasteiger partial charge < -0.3 is 14.2 Å². The third-order valence-electron chi connectivity index (χ3n) is 8.78. The zero-order valence-corrected chi connectivity index (χ0v) is 20.0. The van der Waals surface area contributed by atoms with Crippen LogP contribution in [0.4, 0.5) is 5.95 Å². The minimum absolute atomic E-state index is 0.420. The summed E-state index contributed by atoms with van der Waals surface area (Å²) in [6.07, 6.45) is 12.9. The van der Waals surface area contributed by atoms with Crippen molar-refractivity contribution in [2.75, 3.05) is 24.6 Å². The van der Waals surface area contributed by atoms with E-state index >= 15 is 0 Å². The van der Waals surface area contributed by atoms with Crippen LogP contribution in [0.15, 0.2) is 22.9 Å². The molecular weight excluding hydrogens is 400 g/mol. The number of pyridine rings is 1. The topological polar surface area (TPSA) is 64.3 Å². The lowest BCUT2D eigenvalue weighted by Crippen LogP contribution is -2.39. The Morgan fingerprint density at radius 2 is 1.94 bits per heavy atom. The van der Waals surface area contributed by atoms with Crippen molar-refractivity contribution in [3.8, 4) is 5.88 Å². The molecule has 0 spiro atoms. The van der Waals surface area contributed by atoms with E-state index in [2.05, 4.69) is 46.9 Å². The third kappa shape index (κ3) is 4.13. The Bertz CT molecular complexity index is 901. The van der Waals surface area contributed by atoms with Crippen LogP contribution >= 0.6 is 0 Å². The highest BCUT2D eigenvalue weighted by molar-refractivity contribution is 5.29. The highest BCUT2D eigenvalue weighted by atomic mass is 16.5. The summed E-state index contributed by atoms with van der Waals surface area (Å²) >= 11 is 0. The Morgan fingerprint density at radius 1 is 1.12 bits per heavy atom. The van der Waals surface area contributed by atoms with Gasteiger partial charge in [-0.25, -0.2) is 4.98 Å². The Kier molecular flexibility index (Phi) is 5.89. The quantitative estimate of drug-likeness (QED) is 0.480. The number of hydrogen-bond acceptors (Lipinski definition) is 6. The van der Waals surface area contributed by atoms with Gasteiger partial charge in [-0.1, -0.05) is 19.9 Å². The number of aromatic nitrogens is 3. The molecule has 174 valence electrons. The molecule has 2 atom stereocenters. The summed E-state index contributed by atoms with van der Waals surface area (Å²) in [6, 6.07) is 4.05. The molecule has 1 saturated heterocycles. The van der Waals surface area contributed by atoms with E-state index in [9.17, 15) is 0 Å². The standard InChI is InChI=1S/C26H38N4O2/c1-4-25(12-15-31-22-9-6-19(3)17-27-22)18-26(25,5-2)21-10-13-30(14-11-21)24-28-23(32-29-24)16-20-7-8-20/h6,9,17,20-21H,4-5,7-8,10-16,18H2,1-3H3. The fourth-order valence-corrected chi connectivity index (χ4v) is 6.47. The molecule has 2 aliphatic carbocycles. The first kappa shape index (κ1) is 21.7. The molecule has 0 N–H and O–H groups in total. The average molecular weight is 439 g/mol. The maximum atomic E-state index is 6.03. The van der Waals surface area contributed by atoms with Crippen LogP contribution in [0.1, 0.15) is 76.7 Å². The van der Waals surface area contributed by atoms with Gasteiger partial charge in [-0.3, -0.25) is 0 Å². The summed E-state index contributed by atoms with van der Waals surface area (Å²) in [4.78, 5) is 11.4. The van der Waals surface area contributed by atoms with E-state index in [-0.39, 0.29) is 0 Å². The van der Waals surface area contributed by atoms with Gasteiger partial charge in [0.25, 0.3) is 5.95 Å². The average Bonchev–Trinajstić information content (AvgIpc) is 3.71. The Labute approximate surface area is 192 Å². The number of aryl methyl sites for hydroxylation is 1. The maximum Gasteiger partial charge on any atom is 0.266 e. The smallest absolute Gasteiger partial charge is 0.266 e. The predicted octanol–water partition coefficient (Wildman–Crippen LogP) is 5.61. The van der Waals surface area contributed by atoms with Crippen molar-refractivity contribution in [3.05, 3.63) is 29.8 Å². The van der Waals surface area contributed by atoms with E-state index in [1.165, 1.54) is 50.5 Å². The van der Waals surface area contributed by atoms with Crippen molar-refractivity contribution < 1.29 is 9.26 Å². The zero-order chi connectivity index (χ0) is 22.2. The molecule has 3 fully saturated rings. The van der Waals surface area contributed by atoms with Crippen LogP contribution in [0.25, 0.3) is 0 Å². The second kappa shape index (κ2) is 8.68. The number of ether oxygens (including phenoxy) is 1. The lowest BCUT2D eigenvalue weighted by Gasteiger charge is -2.38. The third-order valence-corrected chi connectivity index (χ3v) is 8.78. The van der Waals surface area contributed by atoms with Gasteiger partial charge in [0.1, 0.15) is 0 Å². The van der Waals surface area contributed by atoms with Gasteiger partial charge in [0.15, 0.2) is 0 Å². The van der Waals surface area contributed by atoms with Gasteiger partial charge >= 0.3 is 0 Å². The predicted molar refractivity (Wildman–Crippen MR) is 125 cm³/mol. The van der Waals surface area contributed by atoms with E-state index in [0.717, 1.165) is 62.1 Å². The summed E-state index contributed by atoms with van der Waals surface area (Å²) in [5, 5.41) is 4.28. The summed E-state index contributed by atoms with van der Waals surface area (Å²) in [5.41, 5.74) is 2.05. The van der Waals surface area contributed by atoms with Crippen LogP contribution in [-0.4, -0.2) is 34.8 Å². The van der Waals surface area contributed by atoms with Crippen molar-refractivity contribution in [2.24, 2.45) is 22.7 Å². The maximum absolute atomic E-state index is 6.03. The molecule has 0 radical (unpaired) electrons. The largest absolute Gasteiger partial charge is 0.478 e. The molecule has 2 aromatic heterocycles. The molecule has 6 nitrogen and oxygen atoms in total. The lowest BCUT2D eigenvalue weighted by atomic mass is 9.73. The molecule has 2 saturated carbocycles. The molecule has 2 unspecified atom stereocenters. The highest BCUT2D eigenvalue weighted by Crippen LogP contribution is 2.74. The van der Waals surface area contributed by atoms with E-state index in [0.29, 0.717) is 10.8 Å². The summed E-state index contributed by atoms with van der Waals surface area (Å²) in [6.45, 7) is 9.67. The molecule has 0 bridgehead atoms. The van der Waals surface area contributed by atoms with Gasteiger partial charge in [-0.05, 0) is 91.7 Å². The SMILES string of the molecule is CCC1(CCOc2ccc(C)cn2)CC1(CC)C1CCN(c2noc(CC3CC3)n2)CC1. The first-order chi connectivity index (χ1) is 15.6. The van der Waals surface area contributed by atoms with Crippen LogP contribution in [0, 0.1) is 29.6 Å². The van der Waals surface area contributed by atoms with E-state index in [4.69, 9.17) is 9.26 Å². The van der Waals surface area contributed by atoms with Crippen LogP contribution < -0.4 is 9.64 Å². The summed E-state index contributed by atoms with van der Waals surface area (Å²) in [7, 11) is 0. The van der Waals surface area contributed by atoms with Crippen LogP contribution in [-0.2, 0) is 6.42 Å². The first-order valence-corrected chi connectivity index (χ1v) is 12.7. The molecule has 0 aromatic carbocycles. The molecule has 3 heterocycles. The summed E-state index contributed by atoms with van der Waals surface area (Å²) < 4.78 is 11.5. The summed E-state index contributed by atoms with van der Waals surface area (Å²) in [5.74, 6) is 3.94. The van der Waals surface area contributed by atoms with Crippen molar-refractivity contribution in [1.29, 1.82) is 0 Å². The Balaban J connectivity index is 1.16. The van der Waals surface area contributed by atoms with Gasteiger partial charge in [-0.15, -0.1) is 0 Å². The first-order valence-electron chi connectivity index (χ1n) is 12.7. The van der Waals surface area contributed by atoms with Crippen LogP contribution in [0.5, 0.6) is 5.88 Å². The molecule has 3 aliphatic rings. The van der Waals surface area contributed by atoms with Gasteiger partial charge in [-0.2, -0.15) is 4.98 Å². The number of piperidine rings is 1. The zero-order valence-electron chi connectivity index (χ0n) is 20.0. The Morgan fingerprint density at radius 3 is 2.59 bits per heavy atom.